The van der Waals surface area contributed by atoms with Gasteiger partial charge in [0.15, 0.2) is 0 Å². The number of carboxylic acid groups (broad SMARTS) is 1. The van der Waals surface area contributed by atoms with Crippen molar-refractivity contribution in [2.24, 2.45) is 5.92 Å². The molecule has 1 fully saturated rings. The van der Waals surface area contributed by atoms with Crippen molar-refractivity contribution in [2.45, 2.75) is 70.1 Å². The highest BCUT2D eigenvalue weighted by Crippen LogP contribution is 2.20. The van der Waals surface area contributed by atoms with Crippen molar-refractivity contribution in [1.29, 1.82) is 0 Å². The van der Waals surface area contributed by atoms with Crippen LogP contribution in [0.15, 0.2) is 60.8 Å². The van der Waals surface area contributed by atoms with Crippen LogP contribution in [0.25, 0.3) is 10.9 Å². The van der Waals surface area contributed by atoms with Crippen LogP contribution in [0.5, 0.6) is 0 Å². The molecule has 1 aromatic heterocycles. The molecule has 10 heteroatoms. The molecule has 1 saturated heterocycles. The molecule has 4 atom stereocenters. The van der Waals surface area contributed by atoms with Gasteiger partial charge in [0.1, 0.15) is 18.1 Å². The predicted molar refractivity (Wildman–Crippen MR) is 156 cm³/mol. The summed E-state index contributed by atoms with van der Waals surface area (Å²) in [7, 11) is 0. The Bertz CT molecular complexity index is 1350. The van der Waals surface area contributed by atoms with Crippen LogP contribution in [0.4, 0.5) is 0 Å². The molecule has 2 aromatic carbocycles. The average Bonchev–Trinajstić information content (AvgIpc) is 3.63. The lowest BCUT2D eigenvalue weighted by Crippen LogP contribution is -2.58. The molecule has 10 nitrogen and oxygen atoms in total. The molecule has 41 heavy (non-hydrogen) atoms. The summed E-state index contributed by atoms with van der Waals surface area (Å²) in [4.78, 5) is 55.4. The summed E-state index contributed by atoms with van der Waals surface area (Å²) in [5.41, 5.74) is 2.57. The highest BCUT2D eigenvalue weighted by molar-refractivity contribution is 5.95. The first-order valence-corrected chi connectivity index (χ1v) is 14.2. The molecule has 1 aliphatic heterocycles. The van der Waals surface area contributed by atoms with Crippen LogP contribution < -0.4 is 21.3 Å². The Kier molecular flexibility index (Phi) is 10.1. The van der Waals surface area contributed by atoms with E-state index >= 15 is 0 Å². The zero-order chi connectivity index (χ0) is 29.4. The van der Waals surface area contributed by atoms with Gasteiger partial charge in [-0.3, -0.25) is 14.4 Å². The molecule has 1 aliphatic rings. The summed E-state index contributed by atoms with van der Waals surface area (Å²) >= 11 is 0. The van der Waals surface area contributed by atoms with Gasteiger partial charge < -0.3 is 31.4 Å². The van der Waals surface area contributed by atoms with Crippen molar-refractivity contribution in [3.63, 3.8) is 0 Å². The SMILES string of the molecule is CC(C)CC(NC(=O)C(Cc1ccccc1)NC(=O)C(Cc1c[nH]c2ccccc12)NC(=O)C1CCCN1)C(=O)O. The van der Waals surface area contributed by atoms with E-state index in [1.54, 1.807) is 0 Å². The summed E-state index contributed by atoms with van der Waals surface area (Å²) < 4.78 is 0. The molecule has 0 aliphatic carbocycles. The smallest absolute Gasteiger partial charge is 0.326 e. The summed E-state index contributed by atoms with van der Waals surface area (Å²) in [5.74, 6) is -2.48. The normalized spacial score (nSPS) is 17.1. The fraction of sp³-hybridized carbons (Fsp3) is 0.419. The molecule has 0 saturated carbocycles. The van der Waals surface area contributed by atoms with E-state index in [1.807, 2.05) is 74.6 Å². The number of hydrogen-bond donors (Lipinski definition) is 6. The maximum atomic E-state index is 13.8. The summed E-state index contributed by atoms with van der Waals surface area (Å²) in [6, 6.07) is 13.4. The molecule has 0 spiro atoms. The Morgan fingerprint density at radius 3 is 2.20 bits per heavy atom. The number of carbonyl (C=O) groups is 4. The van der Waals surface area contributed by atoms with E-state index in [9.17, 15) is 24.3 Å². The van der Waals surface area contributed by atoms with Crippen LogP contribution in [0.2, 0.25) is 0 Å². The van der Waals surface area contributed by atoms with Gasteiger partial charge >= 0.3 is 5.97 Å². The fourth-order valence-electron chi connectivity index (χ4n) is 5.21. The lowest BCUT2D eigenvalue weighted by Gasteiger charge is -2.26. The number of para-hydroxylation sites is 1. The van der Waals surface area contributed by atoms with Crippen molar-refractivity contribution in [3.8, 4) is 0 Å². The summed E-state index contributed by atoms with van der Waals surface area (Å²) in [6.45, 7) is 4.49. The van der Waals surface area contributed by atoms with Gasteiger partial charge in [-0.25, -0.2) is 4.79 Å². The lowest BCUT2D eigenvalue weighted by molar-refractivity contribution is -0.142. The predicted octanol–water partition coefficient (Wildman–Crippen LogP) is 2.29. The minimum Gasteiger partial charge on any atom is -0.480 e. The Morgan fingerprint density at radius 2 is 1.54 bits per heavy atom. The first-order valence-electron chi connectivity index (χ1n) is 14.2. The van der Waals surface area contributed by atoms with Crippen molar-refractivity contribution in [1.82, 2.24) is 26.3 Å². The van der Waals surface area contributed by atoms with Crippen LogP contribution in [0, 0.1) is 5.92 Å². The number of hydrogen-bond acceptors (Lipinski definition) is 5. The number of benzene rings is 2. The number of amides is 3. The van der Waals surface area contributed by atoms with Gasteiger partial charge in [0, 0.05) is 29.9 Å². The van der Waals surface area contributed by atoms with Gasteiger partial charge in [0.05, 0.1) is 6.04 Å². The number of aliphatic carboxylic acids is 1. The van der Waals surface area contributed by atoms with E-state index in [2.05, 4.69) is 26.3 Å². The molecule has 6 N–H and O–H groups in total. The highest BCUT2D eigenvalue weighted by Gasteiger charge is 2.32. The van der Waals surface area contributed by atoms with E-state index in [4.69, 9.17) is 0 Å². The van der Waals surface area contributed by atoms with Gasteiger partial charge in [0.2, 0.25) is 17.7 Å². The Morgan fingerprint density at radius 1 is 0.878 bits per heavy atom. The minimum absolute atomic E-state index is 0.0403. The van der Waals surface area contributed by atoms with Gasteiger partial charge in [-0.05, 0) is 48.9 Å². The quantitative estimate of drug-likeness (QED) is 0.188. The van der Waals surface area contributed by atoms with Crippen LogP contribution in [-0.4, -0.2) is 64.5 Å². The molecule has 4 unspecified atom stereocenters. The first kappa shape index (κ1) is 29.8. The fourth-order valence-corrected chi connectivity index (χ4v) is 5.21. The molecular weight excluding hydrogens is 522 g/mol. The molecule has 0 radical (unpaired) electrons. The molecule has 0 bridgehead atoms. The molecule has 3 aromatic rings. The van der Waals surface area contributed by atoms with Crippen molar-refractivity contribution in [3.05, 3.63) is 71.9 Å². The van der Waals surface area contributed by atoms with Gasteiger partial charge in [0.25, 0.3) is 0 Å². The van der Waals surface area contributed by atoms with Crippen LogP contribution in [0.3, 0.4) is 0 Å². The van der Waals surface area contributed by atoms with Crippen molar-refractivity contribution < 1.29 is 24.3 Å². The topological polar surface area (TPSA) is 152 Å². The number of carboxylic acids is 1. The van der Waals surface area contributed by atoms with E-state index < -0.39 is 35.9 Å². The molecule has 2 heterocycles. The Labute approximate surface area is 239 Å². The summed E-state index contributed by atoms with van der Waals surface area (Å²) in [5, 5.41) is 22.1. The minimum atomic E-state index is -1.13. The largest absolute Gasteiger partial charge is 0.480 e. The van der Waals surface area contributed by atoms with E-state index in [0.29, 0.717) is 6.42 Å². The van der Waals surface area contributed by atoms with E-state index in [1.165, 1.54) is 0 Å². The maximum absolute atomic E-state index is 13.8. The van der Waals surface area contributed by atoms with Gasteiger partial charge in [-0.15, -0.1) is 0 Å². The van der Waals surface area contributed by atoms with Crippen LogP contribution in [0.1, 0.15) is 44.2 Å². The third kappa shape index (κ3) is 8.17. The first-order chi connectivity index (χ1) is 19.7. The van der Waals surface area contributed by atoms with Crippen molar-refractivity contribution >= 4 is 34.6 Å². The molecule has 218 valence electrons. The van der Waals surface area contributed by atoms with E-state index in [0.717, 1.165) is 35.0 Å². The highest BCUT2D eigenvalue weighted by atomic mass is 16.4. The number of fused-ring (bicyclic) bond motifs is 1. The monoisotopic (exact) mass is 561 g/mol. The number of nitrogens with one attached hydrogen (secondary N) is 5. The van der Waals surface area contributed by atoms with Crippen LogP contribution >= 0.6 is 0 Å². The molecule has 3 amide bonds. The number of H-pyrrole nitrogens is 1. The second-order valence-corrected chi connectivity index (χ2v) is 11.1. The number of carbonyl (C=O) groups excluding carboxylic acids is 3. The Hall–Kier alpha value is -4.18. The third-order valence-corrected chi connectivity index (χ3v) is 7.35. The summed E-state index contributed by atoms with van der Waals surface area (Å²) in [6.07, 6.45) is 3.99. The van der Waals surface area contributed by atoms with Crippen molar-refractivity contribution in [2.75, 3.05) is 6.54 Å². The van der Waals surface area contributed by atoms with Gasteiger partial charge in [-0.2, -0.15) is 0 Å². The second-order valence-electron chi connectivity index (χ2n) is 11.1. The van der Waals surface area contributed by atoms with E-state index in [-0.39, 0.29) is 37.1 Å². The van der Waals surface area contributed by atoms with Crippen LogP contribution in [-0.2, 0) is 32.0 Å². The van der Waals surface area contributed by atoms with Gasteiger partial charge in [-0.1, -0.05) is 62.4 Å². The number of aromatic amines is 1. The second kappa shape index (κ2) is 13.9. The average molecular weight is 562 g/mol. The maximum Gasteiger partial charge on any atom is 0.326 e. The molecule has 4 rings (SSSR count). The third-order valence-electron chi connectivity index (χ3n) is 7.35. The lowest BCUT2D eigenvalue weighted by atomic mass is 10.0. The standard InChI is InChI=1S/C31H39N5O5/c1-19(2)15-27(31(40)41)36-29(38)25(16-20-9-4-3-5-10-20)34-30(39)26(35-28(37)24-13-8-14-32-24)17-21-18-33-23-12-7-6-11-22(21)23/h3-7,9-12,18-19,24-27,32-33H,8,13-17H2,1-2H3,(H,34,39)(H,35,37)(H,36,38)(H,40,41). The molecular formula is C31H39N5O5. The Balaban J connectivity index is 1.58. The number of aromatic nitrogens is 1. The number of rotatable bonds is 13. The zero-order valence-corrected chi connectivity index (χ0v) is 23.5. The zero-order valence-electron chi connectivity index (χ0n) is 23.5.